The molecule has 2 aliphatic heterocycles. The molecule has 4 nitrogen and oxygen atoms in total. The first kappa shape index (κ1) is 12.4. The second-order valence-corrected chi connectivity index (χ2v) is 6.59. The third kappa shape index (κ3) is 1.75. The number of carbonyl (C=O) groups excluding carboxylic acids is 1. The van der Waals surface area contributed by atoms with Crippen LogP contribution in [0.4, 0.5) is 0 Å². The molecule has 3 N–H and O–H groups in total. The SMILES string of the molecule is CC1CC(C(=O)NC2CC3CCC2O3)(C(N)=S)C1. The summed E-state index contributed by atoms with van der Waals surface area (Å²) in [5, 5.41) is 3.12. The largest absolute Gasteiger partial charge is 0.392 e. The third-order valence-corrected chi connectivity index (χ3v) is 5.11. The number of hydrogen-bond donors (Lipinski definition) is 2. The molecule has 1 amide bonds. The minimum absolute atomic E-state index is 0.0225. The van der Waals surface area contributed by atoms with Crippen molar-refractivity contribution in [2.75, 3.05) is 0 Å². The highest BCUT2D eigenvalue weighted by molar-refractivity contribution is 7.80. The van der Waals surface area contributed by atoms with Crippen molar-refractivity contribution in [3.63, 3.8) is 0 Å². The van der Waals surface area contributed by atoms with Crippen molar-refractivity contribution in [3.05, 3.63) is 0 Å². The predicted molar refractivity (Wildman–Crippen MR) is 72.1 cm³/mol. The van der Waals surface area contributed by atoms with Crippen LogP contribution in [0.15, 0.2) is 0 Å². The van der Waals surface area contributed by atoms with E-state index in [0.717, 1.165) is 32.1 Å². The second kappa shape index (κ2) is 4.17. The van der Waals surface area contributed by atoms with Crippen molar-refractivity contribution in [1.29, 1.82) is 0 Å². The predicted octanol–water partition coefficient (Wildman–Crippen LogP) is 1.12. The molecule has 100 valence electrons. The third-order valence-electron chi connectivity index (χ3n) is 4.72. The lowest BCUT2D eigenvalue weighted by molar-refractivity contribution is -0.134. The van der Waals surface area contributed by atoms with Crippen LogP contribution in [0.1, 0.15) is 39.0 Å². The summed E-state index contributed by atoms with van der Waals surface area (Å²) in [7, 11) is 0. The fourth-order valence-corrected chi connectivity index (χ4v) is 3.98. The molecule has 3 atom stereocenters. The van der Waals surface area contributed by atoms with Gasteiger partial charge in [0.15, 0.2) is 0 Å². The Bertz CT molecular complexity index is 392. The van der Waals surface area contributed by atoms with Gasteiger partial charge < -0.3 is 15.8 Å². The summed E-state index contributed by atoms with van der Waals surface area (Å²) in [4.78, 5) is 12.8. The molecule has 2 saturated heterocycles. The zero-order valence-electron chi connectivity index (χ0n) is 10.6. The highest BCUT2D eigenvalue weighted by Crippen LogP contribution is 2.46. The number of amides is 1. The summed E-state index contributed by atoms with van der Waals surface area (Å²) < 4.78 is 5.75. The molecule has 1 aliphatic carbocycles. The van der Waals surface area contributed by atoms with Crippen LogP contribution in [-0.2, 0) is 9.53 Å². The Hall–Kier alpha value is -0.680. The summed E-state index contributed by atoms with van der Waals surface area (Å²) in [5.74, 6) is 0.558. The van der Waals surface area contributed by atoms with E-state index in [-0.39, 0.29) is 18.1 Å². The van der Waals surface area contributed by atoms with Crippen molar-refractivity contribution < 1.29 is 9.53 Å². The molecule has 3 unspecified atom stereocenters. The van der Waals surface area contributed by atoms with Crippen molar-refractivity contribution in [2.24, 2.45) is 17.1 Å². The van der Waals surface area contributed by atoms with Crippen LogP contribution in [0.5, 0.6) is 0 Å². The lowest BCUT2D eigenvalue weighted by atomic mass is 9.62. The van der Waals surface area contributed by atoms with E-state index < -0.39 is 5.41 Å². The van der Waals surface area contributed by atoms with E-state index in [9.17, 15) is 4.79 Å². The van der Waals surface area contributed by atoms with E-state index in [0.29, 0.717) is 17.0 Å². The average Bonchev–Trinajstić information content (AvgIpc) is 2.85. The average molecular weight is 268 g/mol. The van der Waals surface area contributed by atoms with E-state index in [4.69, 9.17) is 22.7 Å². The van der Waals surface area contributed by atoms with Crippen molar-refractivity contribution in [2.45, 2.75) is 57.3 Å². The van der Waals surface area contributed by atoms with Crippen LogP contribution in [0.2, 0.25) is 0 Å². The number of nitrogens with one attached hydrogen (secondary N) is 1. The molecule has 5 heteroatoms. The number of thiocarbonyl (C=S) groups is 1. The molecule has 3 aliphatic rings. The first-order valence-corrected chi connectivity index (χ1v) is 7.18. The number of nitrogens with two attached hydrogens (primary N) is 1. The molecule has 18 heavy (non-hydrogen) atoms. The number of fused-ring (bicyclic) bond motifs is 2. The van der Waals surface area contributed by atoms with Gasteiger partial charge in [0.1, 0.15) is 0 Å². The lowest BCUT2D eigenvalue weighted by Crippen LogP contribution is -2.58. The van der Waals surface area contributed by atoms with Gasteiger partial charge in [-0.25, -0.2) is 0 Å². The molecular weight excluding hydrogens is 248 g/mol. The number of rotatable bonds is 3. The van der Waals surface area contributed by atoms with Gasteiger partial charge in [0, 0.05) is 0 Å². The van der Waals surface area contributed by atoms with Crippen molar-refractivity contribution in [3.8, 4) is 0 Å². The molecule has 2 heterocycles. The molecule has 1 saturated carbocycles. The lowest BCUT2D eigenvalue weighted by Gasteiger charge is -2.44. The molecule has 0 aromatic heterocycles. The monoisotopic (exact) mass is 268 g/mol. The first-order chi connectivity index (χ1) is 8.51. The Kier molecular flexibility index (Phi) is 2.86. The summed E-state index contributed by atoms with van der Waals surface area (Å²) in [6.07, 6.45) is 5.27. The fourth-order valence-electron chi connectivity index (χ4n) is 3.72. The van der Waals surface area contributed by atoms with Gasteiger partial charge in [0.05, 0.1) is 28.7 Å². The summed E-state index contributed by atoms with van der Waals surface area (Å²) in [6.45, 7) is 2.13. The molecule has 3 fully saturated rings. The topological polar surface area (TPSA) is 64.3 Å². The molecule has 0 aromatic rings. The Labute approximate surface area is 113 Å². The Morgan fingerprint density at radius 1 is 1.44 bits per heavy atom. The summed E-state index contributed by atoms with van der Waals surface area (Å²) in [6, 6.07) is 0.165. The Morgan fingerprint density at radius 3 is 2.61 bits per heavy atom. The van der Waals surface area contributed by atoms with E-state index in [1.165, 1.54) is 0 Å². The van der Waals surface area contributed by atoms with Crippen LogP contribution in [0.3, 0.4) is 0 Å². The van der Waals surface area contributed by atoms with E-state index in [1.807, 2.05) is 0 Å². The maximum absolute atomic E-state index is 12.4. The first-order valence-electron chi connectivity index (χ1n) is 6.77. The number of carbonyl (C=O) groups is 1. The van der Waals surface area contributed by atoms with Gasteiger partial charge in [0.2, 0.25) is 5.91 Å². The van der Waals surface area contributed by atoms with Crippen molar-refractivity contribution in [1.82, 2.24) is 5.32 Å². The number of hydrogen-bond acceptors (Lipinski definition) is 3. The molecule has 3 rings (SSSR count). The van der Waals surface area contributed by atoms with E-state index >= 15 is 0 Å². The minimum Gasteiger partial charge on any atom is -0.392 e. The van der Waals surface area contributed by atoms with Crippen LogP contribution < -0.4 is 11.1 Å². The zero-order chi connectivity index (χ0) is 12.9. The fraction of sp³-hybridized carbons (Fsp3) is 0.846. The minimum atomic E-state index is -0.587. The molecule has 0 spiro atoms. The van der Waals surface area contributed by atoms with Gasteiger partial charge in [-0.3, -0.25) is 4.79 Å². The normalized spacial score (nSPS) is 45.6. The quantitative estimate of drug-likeness (QED) is 0.753. The standard InChI is InChI=1S/C13H20N2O2S/c1-7-5-13(6-7,11(14)18)12(16)15-9-4-8-2-3-10(9)17-8/h7-10H,2-6H2,1H3,(H2,14,18)(H,15,16). The highest BCUT2D eigenvalue weighted by Gasteiger charge is 2.52. The van der Waals surface area contributed by atoms with Gasteiger partial charge in [-0.15, -0.1) is 0 Å². The highest BCUT2D eigenvalue weighted by atomic mass is 32.1. The summed E-state index contributed by atoms with van der Waals surface area (Å²) in [5.41, 5.74) is 5.20. The van der Waals surface area contributed by atoms with Crippen molar-refractivity contribution >= 4 is 23.1 Å². The van der Waals surface area contributed by atoms with Gasteiger partial charge >= 0.3 is 0 Å². The van der Waals surface area contributed by atoms with Gasteiger partial charge in [-0.1, -0.05) is 19.1 Å². The van der Waals surface area contributed by atoms with Crippen LogP contribution >= 0.6 is 12.2 Å². The summed E-state index contributed by atoms with van der Waals surface area (Å²) >= 11 is 5.10. The molecular formula is C13H20N2O2S. The second-order valence-electron chi connectivity index (χ2n) is 6.15. The maximum Gasteiger partial charge on any atom is 0.233 e. The van der Waals surface area contributed by atoms with Crippen LogP contribution in [-0.4, -0.2) is 29.1 Å². The van der Waals surface area contributed by atoms with Crippen LogP contribution in [0.25, 0.3) is 0 Å². The maximum atomic E-state index is 12.4. The smallest absolute Gasteiger partial charge is 0.233 e. The van der Waals surface area contributed by atoms with Crippen LogP contribution in [0, 0.1) is 11.3 Å². The van der Waals surface area contributed by atoms with E-state index in [2.05, 4.69) is 12.2 Å². The zero-order valence-corrected chi connectivity index (χ0v) is 11.5. The molecule has 2 bridgehead atoms. The van der Waals surface area contributed by atoms with Gasteiger partial charge in [-0.2, -0.15) is 0 Å². The Balaban J connectivity index is 1.66. The molecule has 0 aromatic carbocycles. The van der Waals surface area contributed by atoms with Gasteiger partial charge in [0.25, 0.3) is 0 Å². The number of ether oxygens (including phenoxy) is 1. The van der Waals surface area contributed by atoms with Gasteiger partial charge in [-0.05, 0) is 38.0 Å². The Morgan fingerprint density at radius 2 is 2.17 bits per heavy atom. The van der Waals surface area contributed by atoms with E-state index in [1.54, 1.807) is 0 Å². The molecule has 0 radical (unpaired) electrons.